The predicted molar refractivity (Wildman–Crippen MR) is 96.8 cm³/mol. The molecule has 0 spiro atoms. The highest BCUT2D eigenvalue weighted by molar-refractivity contribution is 7.89. The van der Waals surface area contributed by atoms with Crippen LogP contribution in [0.4, 0.5) is 0 Å². The molecule has 2 N–H and O–H groups in total. The molecule has 0 unspecified atom stereocenters. The largest absolute Gasteiger partial charge is 0.496 e. The smallest absolute Gasteiger partial charge is 0.243 e. The van der Waals surface area contributed by atoms with E-state index in [0.717, 1.165) is 11.1 Å². The van der Waals surface area contributed by atoms with Gasteiger partial charge in [-0.25, -0.2) is 22.0 Å². The zero-order valence-corrected chi connectivity index (χ0v) is 16.1. The molecular weight excluding hydrogens is 376 g/mol. The van der Waals surface area contributed by atoms with Crippen LogP contribution in [-0.4, -0.2) is 34.8 Å². The van der Waals surface area contributed by atoms with Gasteiger partial charge in [0, 0.05) is 13.1 Å². The molecule has 0 amide bonds. The predicted octanol–water partition coefficient (Wildman–Crippen LogP) is 1.40. The number of fused-ring (bicyclic) bond motifs is 1. The number of primary sulfonamides is 1. The maximum Gasteiger partial charge on any atom is 0.243 e. The van der Waals surface area contributed by atoms with Crippen molar-refractivity contribution in [2.75, 3.05) is 13.7 Å². The van der Waals surface area contributed by atoms with E-state index in [4.69, 9.17) is 9.88 Å². The fraction of sp³-hybridized carbons (Fsp3) is 0.294. The van der Waals surface area contributed by atoms with E-state index in [0.29, 0.717) is 24.3 Å². The number of methoxy groups -OCH3 is 1. The second-order valence-electron chi connectivity index (χ2n) is 6.20. The molecule has 0 radical (unpaired) electrons. The first-order valence-corrected chi connectivity index (χ1v) is 10.9. The van der Waals surface area contributed by atoms with Crippen LogP contribution < -0.4 is 9.88 Å². The molecule has 0 saturated heterocycles. The SMILES string of the molecule is COc1ccc(S(=O)(=O)N2CCc3ccc(S(N)(=O)=O)cc3C2)cc1C. The fourth-order valence-electron chi connectivity index (χ4n) is 3.05. The number of benzene rings is 2. The number of ether oxygens (including phenoxy) is 1. The zero-order chi connectivity index (χ0) is 19.1. The first-order chi connectivity index (χ1) is 12.1. The van der Waals surface area contributed by atoms with Crippen LogP contribution in [0.25, 0.3) is 0 Å². The molecular formula is C17H20N2O5S2. The summed E-state index contributed by atoms with van der Waals surface area (Å²) < 4.78 is 55.6. The Labute approximate surface area is 153 Å². The van der Waals surface area contributed by atoms with E-state index >= 15 is 0 Å². The maximum absolute atomic E-state index is 13.0. The molecule has 0 atom stereocenters. The minimum Gasteiger partial charge on any atom is -0.496 e. The number of hydrogen-bond acceptors (Lipinski definition) is 5. The zero-order valence-electron chi connectivity index (χ0n) is 14.5. The van der Waals surface area contributed by atoms with Gasteiger partial charge in [0.15, 0.2) is 0 Å². The molecule has 140 valence electrons. The lowest BCUT2D eigenvalue weighted by molar-refractivity contribution is 0.390. The summed E-state index contributed by atoms with van der Waals surface area (Å²) >= 11 is 0. The van der Waals surface area contributed by atoms with Gasteiger partial charge in [0.05, 0.1) is 16.9 Å². The summed E-state index contributed by atoms with van der Waals surface area (Å²) in [6.07, 6.45) is 0.509. The first kappa shape index (κ1) is 18.8. The Morgan fingerprint density at radius 3 is 2.31 bits per heavy atom. The summed E-state index contributed by atoms with van der Waals surface area (Å²) in [7, 11) is -6.01. The number of rotatable bonds is 4. The Balaban J connectivity index is 1.95. The van der Waals surface area contributed by atoms with Crippen molar-refractivity contribution in [1.82, 2.24) is 4.31 Å². The first-order valence-electron chi connectivity index (χ1n) is 7.92. The molecule has 0 aromatic heterocycles. The molecule has 2 aromatic carbocycles. The Hall–Kier alpha value is -1.94. The highest BCUT2D eigenvalue weighted by Gasteiger charge is 2.29. The van der Waals surface area contributed by atoms with Gasteiger partial charge in [-0.05, 0) is 60.4 Å². The minimum atomic E-state index is -3.84. The third-order valence-corrected chi connectivity index (χ3v) is 7.24. The minimum absolute atomic E-state index is 0.0178. The van der Waals surface area contributed by atoms with Crippen LogP contribution >= 0.6 is 0 Å². The quantitative estimate of drug-likeness (QED) is 0.841. The van der Waals surface area contributed by atoms with Gasteiger partial charge in [-0.1, -0.05) is 6.07 Å². The molecule has 0 aliphatic carbocycles. The van der Waals surface area contributed by atoms with Gasteiger partial charge in [-0.3, -0.25) is 0 Å². The topological polar surface area (TPSA) is 107 Å². The van der Waals surface area contributed by atoms with Gasteiger partial charge in [-0.15, -0.1) is 0 Å². The Morgan fingerprint density at radius 2 is 1.69 bits per heavy atom. The summed E-state index contributed by atoms with van der Waals surface area (Å²) in [5, 5.41) is 5.17. The van der Waals surface area contributed by atoms with Crippen LogP contribution in [-0.2, 0) is 33.0 Å². The van der Waals surface area contributed by atoms with Crippen molar-refractivity contribution in [1.29, 1.82) is 0 Å². The summed E-state index contributed by atoms with van der Waals surface area (Å²) in [6, 6.07) is 9.30. The standard InChI is InChI=1S/C17H20N2O5S2/c1-12-9-16(5-6-17(12)24-2)26(22,23)19-8-7-13-3-4-15(25(18,20)21)10-14(13)11-19/h3-6,9-10H,7-8,11H2,1-2H3,(H2,18,20,21). The number of hydrogen-bond donors (Lipinski definition) is 1. The number of nitrogens with two attached hydrogens (primary N) is 1. The van der Waals surface area contributed by atoms with E-state index in [1.54, 1.807) is 25.1 Å². The molecule has 1 aliphatic rings. The Kier molecular flexibility index (Phi) is 4.82. The molecule has 7 nitrogen and oxygen atoms in total. The maximum atomic E-state index is 13.0. The van der Waals surface area contributed by atoms with E-state index in [2.05, 4.69) is 0 Å². The molecule has 0 bridgehead atoms. The normalized spacial score (nSPS) is 15.5. The number of sulfonamides is 2. The molecule has 2 aromatic rings. The third kappa shape index (κ3) is 3.48. The summed E-state index contributed by atoms with van der Waals surface area (Å²) in [4.78, 5) is 0.164. The number of aryl methyl sites for hydroxylation is 1. The lowest BCUT2D eigenvalue weighted by Crippen LogP contribution is -2.36. The van der Waals surface area contributed by atoms with Gasteiger partial charge in [-0.2, -0.15) is 4.31 Å². The molecule has 0 saturated carbocycles. The van der Waals surface area contributed by atoms with Crippen LogP contribution in [0.15, 0.2) is 46.2 Å². The molecule has 26 heavy (non-hydrogen) atoms. The van der Waals surface area contributed by atoms with Crippen LogP contribution in [0.2, 0.25) is 0 Å². The molecule has 3 rings (SSSR count). The summed E-state index contributed by atoms with van der Waals surface area (Å²) in [5.74, 6) is 0.616. The molecule has 1 heterocycles. The lowest BCUT2D eigenvalue weighted by atomic mass is 10.0. The monoisotopic (exact) mass is 396 g/mol. The fourth-order valence-corrected chi connectivity index (χ4v) is 5.12. The van der Waals surface area contributed by atoms with Gasteiger partial charge in [0.25, 0.3) is 0 Å². The summed E-state index contributed by atoms with van der Waals surface area (Å²) in [5.41, 5.74) is 2.30. The van der Waals surface area contributed by atoms with Gasteiger partial charge >= 0.3 is 0 Å². The van der Waals surface area contributed by atoms with Crippen molar-refractivity contribution in [3.63, 3.8) is 0 Å². The van der Waals surface area contributed by atoms with Gasteiger partial charge < -0.3 is 4.74 Å². The average Bonchev–Trinajstić information content (AvgIpc) is 2.59. The van der Waals surface area contributed by atoms with Crippen molar-refractivity contribution >= 4 is 20.0 Å². The van der Waals surface area contributed by atoms with E-state index < -0.39 is 20.0 Å². The van der Waals surface area contributed by atoms with Crippen molar-refractivity contribution in [3.05, 3.63) is 53.1 Å². The average molecular weight is 396 g/mol. The van der Waals surface area contributed by atoms with Crippen molar-refractivity contribution in [3.8, 4) is 5.75 Å². The van der Waals surface area contributed by atoms with Gasteiger partial charge in [0.1, 0.15) is 5.75 Å². The Bertz CT molecular complexity index is 1060. The van der Waals surface area contributed by atoms with E-state index in [-0.39, 0.29) is 16.3 Å². The van der Waals surface area contributed by atoms with E-state index in [1.165, 1.54) is 29.6 Å². The molecule has 0 fully saturated rings. The van der Waals surface area contributed by atoms with E-state index in [1.807, 2.05) is 0 Å². The summed E-state index contributed by atoms with van der Waals surface area (Å²) in [6.45, 7) is 2.21. The van der Waals surface area contributed by atoms with Crippen molar-refractivity contribution in [2.45, 2.75) is 29.7 Å². The van der Waals surface area contributed by atoms with E-state index in [9.17, 15) is 16.8 Å². The second-order valence-corrected chi connectivity index (χ2v) is 9.69. The number of nitrogens with zero attached hydrogens (tertiary/aromatic N) is 1. The highest BCUT2D eigenvalue weighted by atomic mass is 32.2. The molecule has 1 aliphatic heterocycles. The van der Waals surface area contributed by atoms with Crippen molar-refractivity contribution < 1.29 is 21.6 Å². The molecule has 9 heteroatoms. The second kappa shape index (κ2) is 6.66. The van der Waals surface area contributed by atoms with Crippen LogP contribution in [0.3, 0.4) is 0 Å². The van der Waals surface area contributed by atoms with Crippen LogP contribution in [0.5, 0.6) is 5.75 Å². The highest BCUT2D eigenvalue weighted by Crippen LogP contribution is 2.28. The lowest BCUT2D eigenvalue weighted by Gasteiger charge is -2.28. The Morgan fingerprint density at radius 1 is 1.00 bits per heavy atom. The third-order valence-electron chi connectivity index (χ3n) is 4.49. The van der Waals surface area contributed by atoms with Gasteiger partial charge in [0.2, 0.25) is 20.0 Å². The van der Waals surface area contributed by atoms with Crippen LogP contribution in [0.1, 0.15) is 16.7 Å². The van der Waals surface area contributed by atoms with Crippen molar-refractivity contribution in [2.24, 2.45) is 5.14 Å². The van der Waals surface area contributed by atoms with Crippen LogP contribution in [0, 0.1) is 6.92 Å².